The molecule has 0 amide bonds. The van der Waals surface area contributed by atoms with Crippen LogP contribution >= 0.6 is 11.8 Å². The number of aryl methyl sites for hydroxylation is 2. The summed E-state index contributed by atoms with van der Waals surface area (Å²) < 4.78 is 29.5. The first-order valence-electron chi connectivity index (χ1n) is 11.0. The van der Waals surface area contributed by atoms with Gasteiger partial charge in [-0.25, -0.2) is 0 Å². The Balaban J connectivity index is 1.82. The van der Waals surface area contributed by atoms with E-state index in [4.69, 9.17) is 23.5 Å². The van der Waals surface area contributed by atoms with Crippen molar-refractivity contribution in [2.45, 2.75) is 31.7 Å². The van der Waals surface area contributed by atoms with E-state index in [2.05, 4.69) is 15.4 Å². The Morgan fingerprint density at radius 1 is 0.943 bits per heavy atom. The number of hydrogen-bond acceptors (Lipinski definition) is 9. The summed E-state index contributed by atoms with van der Waals surface area (Å²) in [4.78, 5) is 0. The number of aromatic nitrogens is 4. The number of rotatable bonds is 10. The molecule has 9 nitrogen and oxygen atoms in total. The second kappa shape index (κ2) is 10.7. The minimum atomic E-state index is 0.513. The Morgan fingerprint density at radius 2 is 1.63 bits per heavy atom. The molecule has 0 aliphatic carbocycles. The number of thioether (sulfide) groups is 1. The van der Waals surface area contributed by atoms with E-state index in [0.717, 1.165) is 39.2 Å². The molecule has 0 aliphatic heterocycles. The maximum atomic E-state index is 5.62. The van der Waals surface area contributed by atoms with E-state index in [1.165, 1.54) is 0 Å². The van der Waals surface area contributed by atoms with Crippen molar-refractivity contribution in [1.29, 1.82) is 0 Å². The Labute approximate surface area is 208 Å². The molecule has 4 aromatic rings. The van der Waals surface area contributed by atoms with Crippen LogP contribution in [0.3, 0.4) is 0 Å². The molecular weight excluding hydrogens is 468 g/mol. The van der Waals surface area contributed by atoms with Gasteiger partial charge in [-0.2, -0.15) is 0 Å². The number of ether oxygens (including phenoxy) is 4. The summed E-state index contributed by atoms with van der Waals surface area (Å²) in [6, 6.07) is 11.5. The quantitative estimate of drug-likeness (QED) is 0.273. The molecule has 0 saturated heterocycles. The highest BCUT2D eigenvalue weighted by Gasteiger charge is 2.22. The summed E-state index contributed by atoms with van der Waals surface area (Å²) in [5.74, 6) is 4.45. The molecule has 10 heteroatoms. The van der Waals surface area contributed by atoms with Gasteiger partial charge in [0, 0.05) is 22.6 Å². The molecule has 0 N–H and O–H groups in total. The molecule has 0 saturated carbocycles. The van der Waals surface area contributed by atoms with Crippen LogP contribution in [0.1, 0.15) is 23.9 Å². The summed E-state index contributed by atoms with van der Waals surface area (Å²) in [6.07, 6.45) is 0. The van der Waals surface area contributed by atoms with Gasteiger partial charge in [0.25, 0.3) is 0 Å². The summed E-state index contributed by atoms with van der Waals surface area (Å²) in [7, 11) is 4.75. The van der Waals surface area contributed by atoms with Crippen LogP contribution in [0.25, 0.3) is 17.1 Å². The molecule has 0 spiro atoms. The highest BCUT2D eigenvalue weighted by molar-refractivity contribution is 7.98. The van der Waals surface area contributed by atoms with Crippen LogP contribution in [0.5, 0.6) is 23.0 Å². The van der Waals surface area contributed by atoms with Crippen LogP contribution in [-0.4, -0.2) is 47.9 Å². The average molecular weight is 497 g/mol. The van der Waals surface area contributed by atoms with Crippen molar-refractivity contribution < 1.29 is 23.5 Å². The van der Waals surface area contributed by atoms with Gasteiger partial charge in [-0.15, -0.1) is 10.2 Å². The first kappa shape index (κ1) is 24.5. The van der Waals surface area contributed by atoms with E-state index < -0.39 is 0 Å². The fourth-order valence-electron chi connectivity index (χ4n) is 3.70. The average Bonchev–Trinajstić information content (AvgIpc) is 3.44. The number of methoxy groups -OCH3 is 3. The first-order valence-corrected chi connectivity index (χ1v) is 12.0. The lowest BCUT2D eigenvalue weighted by molar-refractivity contribution is 0.324. The van der Waals surface area contributed by atoms with Crippen molar-refractivity contribution in [2.75, 3.05) is 27.9 Å². The fraction of sp³-hybridized carbons (Fsp3) is 0.320. The third-order valence-electron chi connectivity index (χ3n) is 5.49. The van der Waals surface area contributed by atoms with Crippen molar-refractivity contribution >= 4 is 11.8 Å². The van der Waals surface area contributed by atoms with Crippen LogP contribution in [0.15, 0.2) is 46.1 Å². The maximum Gasteiger partial charge on any atom is 0.203 e. The third-order valence-corrected chi connectivity index (χ3v) is 6.44. The lowest BCUT2D eigenvalue weighted by atomic mass is 10.1. The predicted octanol–water partition coefficient (Wildman–Crippen LogP) is 5.26. The Morgan fingerprint density at radius 3 is 2.17 bits per heavy atom. The van der Waals surface area contributed by atoms with Gasteiger partial charge in [0.1, 0.15) is 11.5 Å². The maximum absolute atomic E-state index is 5.62. The van der Waals surface area contributed by atoms with Gasteiger partial charge < -0.3 is 23.5 Å². The van der Waals surface area contributed by atoms with Crippen molar-refractivity contribution in [1.82, 2.24) is 19.9 Å². The van der Waals surface area contributed by atoms with Crippen molar-refractivity contribution in [3.8, 4) is 40.1 Å². The van der Waals surface area contributed by atoms with Crippen molar-refractivity contribution in [3.05, 3.63) is 53.4 Å². The highest BCUT2D eigenvalue weighted by Crippen LogP contribution is 2.42. The Kier molecular flexibility index (Phi) is 7.50. The minimum Gasteiger partial charge on any atom is -0.494 e. The van der Waals surface area contributed by atoms with Crippen LogP contribution in [0, 0.1) is 13.8 Å². The lowest BCUT2D eigenvalue weighted by Crippen LogP contribution is -2.02. The van der Waals surface area contributed by atoms with Crippen LogP contribution in [0.4, 0.5) is 0 Å². The smallest absolute Gasteiger partial charge is 0.203 e. The first-order chi connectivity index (χ1) is 17.0. The Bertz CT molecular complexity index is 1260. The Hall–Kier alpha value is -3.66. The van der Waals surface area contributed by atoms with Crippen LogP contribution in [-0.2, 0) is 5.75 Å². The number of nitrogens with zero attached hydrogens (tertiary/aromatic N) is 4. The summed E-state index contributed by atoms with van der Waals surface area (Å²) >= 11 is 1.56. The van der Waals surface area contributed by atoms with E-state index in [-0.39, 0.29) is 0 Å². The standard InChI is InChI=1S/C25H28N4O5S/c1-7-33-19-10-8-18(9-11-19)29-24(17-12-21(30-4)23(32-6)22(13-17)31-5)26-27-25(29)35-14-20-15(2)28-34-16(20)3/h8-13H,7,14H2,1-6H3. The minimum absolute atomic E-state index is 0.513. The zero-order valence-corrected chi connectivity index (χ0v) is 21.4. The normalized spacial score (nSPS) is 10.9. The van der Waals surface area contributed by atoms with Gasteiger partial charge in [0.15, 0.2) is 22.5 Å². The van der Waals surface area contributed by atoms with E-state index >= 15 is 0 Å². The van der Waals surface area contributed by atoms with Gasteiger partial charge in [0.2, 0.25) is 5.75 Å². The molecular formula is C25H28N4O5S. The van der Waals surface area contributed by atoms with Gasteiger partial charge in [-0.3, -0.25) is 4.57 Å². The summed E-state index contributed by atoms with van der Waals surface area (Å²) in [5.41, 5.74) is 3.58. The summed E-state index contributed by atoms with van der Waals surface area (Å²) in [5, 5.41) is 13.8. The molecule has 0 atom stereocenters. The SMILES string of the molecule is CCOc1ccc(-n2c(SCc3c(C)noc3C)nnc2-c2cc(OC)c(OC)c(OC)c2)cc1. The van der Waals surface area contributed by atoms with Crippen LogP contribution < -0.4 is 18.9 Å². The fourth-order valence-corrected chi connectivity index (χ4v) is 4.80. The second-order valence-electron chi connectivity index (χ2n) is 7.57. The lowest BCUT2D eigenvalue weighted by Gasteiger charge is -2.15. The predicted molar refractivity (Wildman–Crippen MR) is 133 cm³/mol. The van der Waals surface area contributed by atoms with Crippen LogP contribution in [0.2, 0.25) is 0 Å². The van der Waals surface area contributed by atoms with E-state index in [0.29, 0.717) is 35.4 Å². The second-order valence-corrected chi connectivity index (χ2v) is 8.52. The molecule has 4 rings (SSSR count). The molecule has 35 heavy (non-hydrogen) atoms. The van der Waals surface area contributed by atoms with E-state index in [1.807, 2.05) is 61.7 Å². The van der Waals surface area contributed by atoms with E-state index in [9.17, 15) is 0 Å². The van der Waals surface area contributed by atoms with Gasteiger partial charge in [0.05, 0.1) is 33.6 Å². The molecule has 184 valence electrons. The molecule has 2 heterocycles. The molecule has 0 bridgehead atoms. The van der Waals surface area contributed by atoms with E-state index in [1.54, 1.807) is 33.1 Å². The molecule has 0 unspecified atom stereocenters. The topological polar surface area (TPSA) is 93.7 Å². The molecule has 0 aliphatic rings. The van der Waals surface area contributed by atoms with Gasteiger partial charge in [-0.05, 0) is 57.2 Å². The third kappa shape index (κ3) is 4.93. The zero-order chi connectivity index (χ0) is 24.9. The van der Waals surface area contributed by atoms with Crippen molar-refractivity contribution in [3.63, 3.8) is 0 Å². The monoisotopic (exact) mass is 496 g/mol. The van der Waals surface area contributed by atoms with Gasteiger partial charge in [-0.1, -0.05) is 16.9 Å². The van der Waals surface area contributed by atoms with Gasteiger partial charge >= 0.3 is 0 Å². The number of hydrogen-bond donors (Lipinski definition) is 0. The largest absolute Gasteiger partial charge is 0.494 e. The zero-order valence-electron chi connectivity index (χ0n) is 20.6. The summed E-state index contributed by atoms with van der Waals surface area (Å²) in [6.45, 7) is 6.40. The molecule has 0 fully saturated rings. The molecule has 2 aromatic carbocycles. The highest BCUT2D eigenvalue weighted by atomic mass is 32.2. The molecule has 0 radical (unpaired) electrons. The molecule has 2 aromatic heterocycles. The van der Waals surface area contributed by atoms with Crippen molar-refractivity contribution in [2.24, 2.45) is 0 Å². The number of benzene rings is 2.